The van der Waals surface area contributed by atoms with Gasteiger partial charge in [-0.25, -0.2) is 4.98 Å². The number of aromatic nitrogens is 2. The SMILES string of the molecule is Cc1cccc(Oc2ccc(NC(=O)CSc3nc(C)cc(=O)[nH]3)cc2)c1. The Bertz CT molecular complexity index is 1000. The van der Waals surface area contributed by atoms with Crippen LogP contribution in [0, 0.1) is 13.8 Å². The average Bonchev–Trinajstić information content (AvgIpc) is 2.61. The molecule has 1 heterocycles. The number of thioether (sulfide) groups is 1. The summed E-state index contributed by atoms with van der Waals surface area (Å²) in [7, 11) is 0. The van der Waals surface area contributed by atoms with Crippen LogP contribution in [0.2, 0.25) is 0 Å². The van der Waals surface area contributed by atoms with E-state index in [0.717, 1.165) is 11.3 Å². The minimum absolute atomic E-state index is 0.147. The van der Waals surface area contributed by atoms with Crippen molar-refractivity contribution < 1.29 is 9.53 Å². The smallest absolute Gasteiger partial charge is 0.251 e. The maximum atomic E-state index is 12.1. The average molecular weight is 381 g/mol. The van der Waals surface area contributed by atoms with Crippen molar-refractivity contribution in [1.82, 2.24) is 9.97 Å². The molecule has 0 aliphatic heterocycles. The van der Waals surface area contributed by atoms with Crippen molar-refractivity contribution >= 4 is 23.4 Å². The Balaban J connectivity index is 1.54. The molecular formula is C20H19N3O3S. The van der Waals surface area contributed by atoms with Gasteiger partial charge in [0.1, 0.15) is 11.5 Å². The number of nitrogens with one attached hydrogen (secondary N) is 2. The Kier molecular flexibility index (Phi) is 5.93. The van der Waals surface area contributed by atoms with Crippen LogP contribution >= 0.6 is 11.8 Å². The van der Waals surface area contributed by atoms with Crippen LogP contribution in [0.25, 0.3) is 0 Å². The van der Waals surface area contributed by atoms with Crippen LogP contribution in [0.5, 0.6) is 11.5 Å². The number of aryl methyl sites for hydroxylation is 2. The van der Waals surface area contributed by atoms with Gasteiger partial charge in [0.15, 0.2) is 5.16 Å². The first-order valence-electron chi connectivity index (χ1n) is 8.33. The second-order valence-electron chi connectivity index (χ2n) is 5.97. The molecule has 0 radical (unpaired) electrons. The Labute approximate surface area is 161 Å². The molecule has 0 bridgehead atoms. The molecule has 27 heavy (non-hydrogen) atoms. The van der Waals surface area contributed by atoms with Crippen molar-refractivity contribution in [2.45, 2.75) is 19.0 Å². The van der Waals surface area contributed by atoms with E-state index in [1.807, 2.05) is 31.2 Å². The quantitative estimate of drug-likeness (QED) is 0.500. The lowest BCUT2D eigenvalue weighted by Gasteiger charge is -2.08. The second kappa shape index (κ2) is 8.55. The third-order valence-corrected chi connectivity index (χ3v) is 4.42. The van der Waals surface area contributed by atoms with Crippen LogP contribution in [0.1, 0.15) is 11.3 Å². The van der Waals surface area contributed by atoms with E-state index in [4.69, 9.17) is 4.74 Å². The van der Waals surface area contributed by atoms with E-state index >= 15 is 0 Å². The maximum Gasteiger partial charge on any atom is 0.251 e. The lowest BCUT2D eigenvalue weighted by molar-refractivity contribution is -0.113. The zero-order valence-electron chi connectivity index (χ0n) is 15.0. The van der Waals surface area contributed by atoms with Gasteiger partial charge in [0, 0.05) is 17.4 Å². The van der Waals surface area contributed by atoms with Crippen molar-refractivity contribution in [3.05, 3.63) is 76.2 Å². The van der Waals surface area contributed by atoms with E-state index in [9.17, 15) is 9.59 Å². The first kappa shape index (κ1) is 18.7. The van der Waals surface area contributed by atoms with Crippen LogP contribution in [0.3, 0.4) is 0 Å². The Morgan fingerprint density at radius 2 is 1.89 bits per heavy atom. The summed E-state index contributed by atoms with van der Waals surface area (Å²) in [6.07, 6.45) is 0. The molecular weight excluding hydrogens is 362 g/mol. The molecule has 0 spiro atoms. The highest BCUT2D eigenvalue weighted by atomic mass is 32.2. The second-order valence-corrected chi connectivity index (χ2v) is 6.94. The van der Waals surface area contributed by atoms with E-state index < -0.39 is 0 Å². The predicted molar refractivity (Wildman–Crippen MR) is 107 cm³/mol. The number of anilines is 1. The largest absolute Gasteiger partial charge is 0.457 e. The molecule has 3 aromatic rings. The molecule has 138 valence electrons. The van der Waals surface area contributed by atoms with Crippen molar-refractivity contribution in [3.63, 3.8) is 0 Å². The number of hydrogen-bond donors (Lipinski definition) is 2. The van der Waals surface area contributed by atoms with Gasteiger partial charge in [0.05, 0.1) is 5.75 Å². The minimum Gasteiger partial charge on any atom is -0.457 e. The molecule has 2 N–H and O–H groups in total. The molecule has 0 unspecified atom stereocenters. The summed E-state index contributed by atoms with van der Waals surface area (Å²) in [4.78, 5) is 30.3. The van der Waals surface area contributed by atoms with Crippen molar-refractivity contribution in [3.8, 4) is 11.5 Å². The van der Waals surface area contributed by atoms with Crippen LogP contribution in [0.15, 0.2) is 64.5 Å². The maximum absolute atomic E-state index is 12.1. The molecule has 0 aliphatic rings. The van der Waals surface area contributed by atoms with E-state index in [1.54, 1.807) is 31.2 Å². The van der Waals surface area contributed by atoms with E-state index in [1.165, 1.54) is 17.8 Å². The summed E-state index contributed by atoms with van der Waals surface area (Å²) in [6.45, 7) is 3.74. The lowest BCUT2D eigenvalue weighted by Crippen LogP contribution is -2.15. The highest BCUT2D eigenvalue weighted by Gasteiger charge is 2.06. The molecule has 1 amide bonds. The van der Waals surface area contributed by atoms with Crippen LogP contribution in [-0.4, -0.2) is 21.6 Å². The van der Waals surface area contributed by atoms with Gasteiger partial charge in [-0.3, -0.25) is 9.59 Å². The molecule has 3 rings (SSSR count). The van der Waals surface area contributed by atoms with Gasteiger partial charge < -0.3 is 15.0 Å². The van der Waals surface area contributed by atoms with Crippen LogP contribution < -0.4 is 15.6 Å². The summed E-state index contributed by atoms with van der Waals surface area (Å²) in [5.41, 5.74) is 2.18. The molecule has 1 aromatic heterocycles. The normalized spacial score (nSPS) is 10.4. The highest BCUT2D eigenvalue weighted by Crippen LogP contribution is 2.23. The van der Waals surface area contributed by atoms with E-state index in [2.05, 4.69) is 15.3 Å². The number of carbonyl (C=O) groups is 1. The zero-order chi connectivity index (χ0) is 19.2. The first-order valence-corrected chi connectivity index (χ1v) is 9.32. The topological polar surface area (TPSA) is 84.1 Å². The number of aromatic amines is 1. The van der Waals surface area contributed by atoms with Gasteiger partial charge in [-0.2, -0.15) is 0 Å². The number of amides is 1. The molecule has 0 aliphatic carbocycles. The number of rotatable bonds is 6. The summed E-state index contributed by atoms with van der Waals surface area (Å²) >= 11 is 1.18. The number of hydrogen-bond acceptors (Lipinski definition) is 5. The van der Waals surface area contributed by atoms with Crippen molar-refractivity contribution in [2.24, 2.45) is 0 Å². The monoisotopic (exact) mass is 381 g/mol. The zero-order valence-corrected chi connectivity index (χ0v) is 15.8. The number of benzene rings is 2. The fraction of sp³-hybridized carbons (Fsp3) is 0.150. The molecule has 0 fully saturated rings. The van der Waals surface area contributed by atoms with Gasteiger partial charge in [-0.15, -0.1) is 0 Å². The molecule has 0 atom stereocenters. The number of nitrogens with zero attached hydrogens (tertiary/aromatic N) is 1. The summed E-state index contributed by atoms with van der Waals surface area (Å²) in [5, 5.41) is 3.23. The summed E-state index contributed by atoms with van der Waals surface area (Å²) in [5.74, 6) is 1.42. The van der Waals surface area contributed by atoms with Gasteiger partial charge in [0.25, 0.3) is 5.56 Å². The third kappa shape index (κ3) is 5.72. The number of carbonyl (C=O) groups excluding carboxylic acids is 1. The molecule has 6 nitrogen and oxygen atoms in total. The molecule has 0 saturated heterocycles. The fourth-order valence-electron chi connectivity index (χ4n) is 2.37. The number of H-pyrrole nitrogens is 1. The van der Waals surface area contributed by atoms with E-state index in [-0.39, 0.29) is 17.2 Å². The van der Waals surface area contributed by atoms with Gasteiger partial charge >= 0.3 is 0 Å². The van der Waals surface area contributed by atoms with Crippen LogP contribution in [-0.2, 0) is 4.79 Å². The Morgan fingerprint density at radius 3 is 2.59 bits per heavy atom. The fourth-order valence-corrected chi connectivity index (χ4v) is 3.09. The summed E-state index contributed by atoms with van der Waals surface area (Å²) in [6, 6.07) is 16.3. The molecule has 7 heteroatoms. The third-order valence-electron chi connectivity index (χ3n) is 3.55. The standard InChI is InChI=1S/C20H19N3O3S/c1-13-4-3-5-17(10-13)26-16-8-6-15(7-9-16)22-19(25)12-27-20-21-14(2)11-18(24)23-20/h3-11H,12H2,1-2H3,(H,22,25)(H,21,23,24). The lowest BCUT2D eigenvalue weighted by atomic mass is 10.2. The van der Waals surface area contributed by atoms with Crippen molar-refractivity contribution in [2.75, 3.05) is 11.1 Å². The van der Waals surface area contributed by atoms with Gasteiger partial charge in [-0.1, -0.05) is 23.9 Å². The molecule has 0 saturated carbocycles. The summed E-state index contributed by atoms with van der Waals surface area (Å²) < 4.78 is 5.79. The number of ether oxygens (including phenoxy) is 1. The first-order chi connectivity index (χ1) is 13.0. The highest BCUT2D eigenvalue weighted by molar-refractivity contribution is 7.99. The van der Waals surface area contributed by atoms with E-state index in [0.29, 0.717) is 22.3 Å². The van der Waals surface area contributed by atoms with Crippen molar-refractivity contribution in [1.29, 1.82) is 0 Å². The Morgan fingerprint density at radius 1 is 1.11 bits per heavy atom. The van der Waals surface area contributed by atoms with Gasteiger partial charge in [0.2, 0.25) is 5.91 Å². The Hall–Kier alpha value is -3.06. The minimum atomic E-state index is -0.227. The van der Waals surface area contributed by atoms with Crippen LogP contribution in [0.4, 0.5) is 5.69 Å². The molecule has 2 aromatic carbocycles. The van der Waals surface area contributed by atoms with Gasteiger partial charge in [-0.05, 0) is 55.8 Å². The predicted octanol–water partition coefficient (Wildman–Crippen LogP) is 3.91.